The maximum atomic E-state index is 3.70. The molecular weight excluding hydrogens is 208 g/mol. The van der Waals surface area contributed by atoms with E-state index in [0.717, 1.165) is 23.9 Å². The van der Waals surface area contributed by atoms with Gasteiger partial charge in [-0.15, -0.1) is 0 Å². The van der Waals surface area contributed by atoms with Crippen molar-refractivity contribution in [3.05, 3.63) is 0 Å². The molecule has 98 valence electrons. The molecule has 2 atom stereocenters. The molecule has 0 aromatic carbocycles. The van der Waals surface area contributed by atoms with Crippen molar-refractivity contribution in [3.8, 4) is 0 Å². The molecule has 1 saturated carbocycles. The van der Waals surface area contributed by atoms with Crippen LogP contribution in [0.2, 0.25) is 0 Å². The van der Waals surface area contributed by atoms with Gasteiger partial charge in [-0.1, -0.05) is 6.92 Å². The number of piperidine rings is 1. The van der Waals surface area contributed by atoms with E-state index in [1.54, 1.807) is 0 Å². The van der Waals surface area contributed by atoms with Gasteiger partial charge in [0.15, 0.2) is 0 Å². The van der Waals surface area contributed by atoms with Crippen LogP contribution in [-0.4, -0.2) is 36.6 Å². The van der Waals surface area contributed by atoms with E-state index in [0.29, 0.717) is 0 Å². The van der Waals surface area contributed by atoms with Gasteiger partial charge in [0.05, 0.1) is 0 Å². The first-order chi connectivity index (χ1) is 8.38. The topological polar surface area (TPSA) is 15.3 Å². The lowest BCUT2D eigenvalue weighted by molar-refractivity contribution is 0.104. The van der Waals surface area contributed by atoms with Gasteiger partial charge in [-0.3, -0.25) is 0 Å². The highest BCUT2D eigenvalue weighted by Gasteiger charge is 2.36. The first-order valence-corrected chi connectivity index (χ1v) is 7.86. The molecule has 0 aromatic heterocycles. The van der Waals surface area contributed by atoms with Crippen LogP contribution in [0.1, 0.15) is 51.9 Å². The minimum atomic E-state index is 0.859. The second-order valence-corrected chi connectivity index (χ2v) is 6.39. The van der Waals surface area contributed by atoms with Gasteiger partial charge in [0.25, 0.3) is 0 Å². The summed E-state index contributed by atoms with van der Waals surface area (Å²) in [5.74, 6) is 2.03. The van der Waals surface area contributed by atoms with E-state index < -0.39 is 0 Å². The molecule has 2 heteroatoms. The van der Waals surface area contributed by atoms with Crippen molar-refractivity contribution in [3.63, 3.8) is 0 Å². The first kappa shape index (κ1) is 12.0. The van der Waals surface area contributed by atoms with Gasteiger partial charge in [-0.2, -0.15) is 0 Å². The van der Waals surface area contributed by atoms with E-state index in [1.807, 2.05) is 0 Å². The predicted octanol–water partition coefficient (Wildman–Crippen LogP) is 2.64. The summed E-state index contributed by atoms with van der Waals surface area (Å²) in [5, 5.41) is 3.70. The lowest BCUT2D eigenvalue weighted by Crippen LogP contribution is -2.45. The Morgan fingerprint density at radius 2 is 1.88 bits per heavy atom. The number of hydrogen-bond acceptors (Lipinski definition) is 2. The number of hydrogen-bond donors (Lipinski definition) is 1. The van der Waals surface area contributed by atoms with Gasteiger partial charge >= 0.3 is 0 Å². The first-order valence-electron chi connectivity index (χ1n) is 7.86. The van der Waals surface area contributed by atoms with Crippen LogP contribution in [0.25, 0.3) is 0 Å². The Morgan fingerprint density at radius 1 is 1.12 bits per heavy atom. The molecule has 2 heterocycles. The zero-order valence-corrected chi connectivity index (χ0v) is 11.3. The fourth-order valence-electron chi connectivity index (χ4n) is 4.14. The second kappa shape index (κ2) is 5.27. The van der Waals surface area contributed by atoms with Gasteiger partial charge in [0, 0.05) is 12.1 Å². The Hall–Kier alpha value is -0.0800. The molecule has 0 spiro atoms. The minimum Gasteiger partial charge on any atom is -0.314 e. The van der Waals surface area contributed by atoms with Crippen LogP contribution in [0.5, 0.6) is 0 Å². The second-order valence-electron chi connectivity index (χ2n) is 6.39. The van der Waals surface area contributed by atoms with Gasteiger partial charge in [0.2, 0.25) is 0 Å². The third-order valence-corrected chi connectivity index (χ3v) is 5.30. The van der Waals surface area contributed by atoms with Gasteiger partial charge in [-0.05, 0) is 76.4 Å². The normalized spacial score (nSPS) is 34.1. The van der Waals surface area contributed by atoms with E-state index in [1.165, 1.54) is 64.6 Å². The Labute approximate surface area is 106 Å². The van der Waals surface area contributed by atoms with Crippen LogP contribution in [0.4, 0.5) is 0 Å². The lowest BCUT2D eigenvalue weighted by Gasteiger charge is -2.39. The predicted molar refractivity (Wildman–Crippen MR) is 72.1 cm³/mol. The summed E-state index contributed by atoms with van der Waals surface area (Å²) in [6.07, 6.45) is 10.1. The number of nitrogens with zero attached hydrogens (tertiary/aromatic N) is 1. The number of rotatable bonds is 4. The monoisotopic (exact) mass is 236 g/mol. The summed E-state index contributed by atoms with van der Waals surface area (Å²) in [5.41, 5.74) is 0. The standard InChI is InChI=1S/C15H28N2/c1-2-15(13-5-6-13)17-10-7-12(8-11-17)14-4-3-9-16-14/h12-16H,2-11H2,1H3. The molecule has 1 N–H and O–H groups in total. The fourth-order valence-corrected chi connectivity index (χ4v) is 4.14. The van der Waals surface area contributed by atoms with E-state index in [-0.39, 0.29) is 0 Å². The van der Waals surface area contributed by atoms with E-state index in [2.05, 4.69) is 17.1 Å². The maximum absolute atomic E-state index is 3.70. The Bertz CT molecular complexity index is 235. The fraction of sp³-hybridized carbons (Fsp3) is 1.00. The van der Waals surface area contributed by atoms with Crippen LogP contribution < -0.4 is 5.32 Å². The van der Waals surface area contributed by atoms with E-state index in [9.17, 15) is 0 Å². The van der Waals surface area contributed by atoms with E-state index in [4.69, 9.17) is 0 Å². The van der Waals surface area contributed by atoms with E-state index >= 15 is 0 Å². The average Bonchev–Trinajstić information content (AvgIpc) is 3.05. The third-order valence-electron chi connectivity index (χ3n) is 5.30. The molecular formula is C15H28N2. The van der Waals surface area contributed by atoms with Crippen molar-refractivity contribution >= 4 is 0 Å². The highest BCUT2D eigenvalue weighted by Crippen LogP contribution is 2.38. The molecule has 2 saturated heterocycles. The lowest BCUT2D eigenvalue weighted by atomic mass is 9.87. The largest absolute Gasteiger partial charge is 0.314 e. The van der Waals surface area contributed by atoms with Crippen LogP contribution in [0.15, 0.2) is 0 Å². The van der Waals surface area contributed by atoms with Gasteiger partial charge in [-0.25, -0.2) is 0 Å². The molecule has 0 radical (unpaired) electrons. The van der Waals surface area contributed by atoms with Crippen molar-refractivity contribution < 1.29 is 0 Å². The van der Waals surface area contributed by atoms with Crippen LogP contribution in [-0.2, 0) is 0 Å². The Balaban J connectivity index is 1.49. The SMILES string of the molecule is CCC(C1CC1)N1CCC(C2CCCN2)CC1. The summed E-state index contributed by atoms with van der Waals surface area (Å²) in [4.78, 5) is 2.81. The highest BCUT2D eigenvalue weighted by molar-refractivity contribution is 4.91. The van der Waals surface area contributed by atoms with Crippen molar-refractivity contribution in [2.45, 2.75) is 64.0 Å². The number of nitrogens with one attached hydrogen (secondary N) is 1. The van der Waals surface area contributed by atoms with Gasteiger partial charge in [0.1, 0.15) is 0 Å². The number of likely N-dealkylation sites (tertiary alicyclic amines) is 1. The van der Waals surface area contributed by atoms with Crippen molar-refractivity contribution in [2.24, 2.45) is 11.8 Å². The Kier molecular flexibility index (Phi) is 3.72. The smallest absolute Gasteiger partial charge is 0.0121 e. The van der Waals surface area contributed by atoms with Crippen LogP contribution in [0, 0.1) is 11.8 Å². The van der Waals surface area contributed by atoms with Crippen LogP contribution >= 0.6 is 0 Å². The van der Waals surface area contributed by atoms with Crippen molar-refractivity contribution in [1.29, 1.82) is 0 Å². The summed E-state index contributed by atoms with van der Waals surface area (Å²) in [6.45, 7) is 6.40. The molecule has 1 aliphatic carbocycles. The third kappa shape index (κ3) is 2.68. The molecule has 3 aliphatic rings. The molecule has 3 rings (SSSR count). The molecule has 0 amide bonds. The summed E-state index contributed by atoms with van der Waals surface area (Å²) >= 11 is 0. The van der Waals surface area contributed by atoms with Crippen LogP contribution in [0.3, 0.4) is 0 Å². The maximum Gasteiger partial charge on any atom is 0.0121 e. The molecule has 2 nitrogen and oxygen atoms in total. The molecule has 2 unspecified atom stereocenters. The average molecular weight is 236 g/mol. The Morgan fingerprint density at radius 3 is 2.41 bits per heavy atom. The minimum absolute atomic E-state index is 0.859. The van der Waals surface area contributed by atoms with Gasteiger partial charge < -0.3 is 10.2 Å². The molecule has 2 aliphatic heterocycles. The zero-order valence-electron chi connectivity index (χ0n) is 11.3. The summed E-state index contributed by atoms with van der Waals surface area (Å²) < 4.78 is 0. The molecule has 0 bridgehead atoms. The quantitative estimate of drug-likeness (QED) is 0.807. The molecule has 17 heavy (non-hydrogen) atoms. The zero-order chi connectivity index (χ0) is 11.7. The van der Waals surface area contributed by atoms with Crippen molar-refractivity contribution in [1.82, 2.24) is 10.2 Å². The summed E-state index contributed by atoms with van der Waals surface area (Å²) in [7, 11) is 0. The highest BCUT2D eigenvalue weighted by atomic mass is 15.2. The van der Waals surface area contributed by atoms with Crippen molar-refractivity contribution in [2.75, 3.05) is 19.6 Å². The summed E-state index contributed by atoms with van der Waals surface area (Å²) in [6, 6.07) is 1.78. The molecule has 0 aromatic rings. The molecule has 3 fully saturated rings.